The molecule has 0 saturated carbocycles. The summed E-state index contributed by atoms with van der Waals surface area (Å²) in [5.41, 5.74) is 4.40. The van der Waals surface area contributed by atoms with Crippen LogP contribution in [0.1, 0.15) is 0 Å². The lowest BCUT2D eigenvalue weighted by molar-refractivity contribution is 1.40. The summed E-state index contributed by atoms with van der Waals surface area (Å²) in [5, 5.41) is 6.99. The molecule has 0 atom stereocenters. The quantitative estimate of drug-likeness (QED) is 0.313. The summed E-state index contributed by atoms with van der Waals surface area (Å²) in [7, 11) is 0. The third-order valence-electron chi connectivity index (χ3n) is 5.46. The minimum Gasteiger partial charge on any atom is -0.254 e. The van der Waals surface area contributed by atoms with E-state index in [1.54, 1.807) is 12.7 Å². The Hall–Kier alpha value is -4.06. The van der Waals surface area contributed by atoms with Crippen LogP contribution < -0.4 is 10.7 Å². The van der Waals surface area contributed by atoms with Gasteiger partial charge >= 0.3 is 0 Å². The summed E-state index contributed by atoms with van der Waals surface area (Å²) in [4.78, 5) is 27.3. The lowest BCUT2D eigenvalue weighted by Gasteiger charge is -2.11. The lowest BCUT2D eigenvalue weighted by atomic mass is 9.97. The molecule has 0 amide bonds. The van der Waals surface area contributed by atoms with Crippen molar-refractivity contribution in [3.63, 3.8) is 0 Å². The van der Waals surface area contributed by atoms with Crippen molar-refractivity contribution in [3.05, 3.63) is 59.4 Å². The number of fused-ring (bicyclic) bond motifs is 11. The molecule has 7 rings (SSSR count). The molecule has 0 saturated heterocycles. The van der Waals surface area contributed by atoms with Gasteiger partial charge in [-0.3, -0.25) is 4.98 Å². The van der Waals surface area contributed by atoms with E-state index in [0.717, 1.165) is 65.6 Å². The van der Waals surface area contributed by atoms with Gasteiger partial charge in [0.05, 0.1) is 38.6 Å². The Morgan fingerprint density at radius 3 is 2.68 bits per heavy atom. The van der Waals surface area contributed by atoms with Gasteiger partial charge in [0, 0.05) is 27.7 Å². The minimum absolute atomic E-state index is 0.871. The summed E-state index contributed by atoms with van der Waals surface area (Å²) < 4.78 is 0. The minimum atomic E-state index is 0.871. The van der Waals surface area contributed by atoms with Gasteiger partial charge in [0.2, 0.25) is 0 Å². The largest absolute Gasteiger partial charge is 0.254 e. The highest BCUT2D eigenvalue weighted by molar-refractivity contribution is 6.25. The number of hydrogen-bond donors (Lipinski definition) is 0. The van der Waals surface area contributed by atoms with E-state index in [4.69, 9.17) is 4.98 Å². The molecule has 128 valence electrons. The van der Waals surface area contributed by atoms with Gasteiger partial charge in [-0.25, -0.2) is 25.0 Å². The average Bonchev–Trinajstić information content (AvgIpc) is 3.41. The van der Waals surface area contributed by atoms with E-state index in [-0.39, 0.29) is 0 Å². The molecule has 6 heteroatoms. The smallest absolute Gasteiger partial charge is 0.116 e. The van der Waals surface area contributed by atoms with Gasteiger partial charge in [-0.2, -0.15) is 0 Å². The molecule has 0 radical (unpaired) electrons. The van der Waals surface area contributed by atoms with E-state index in [9.17, 15) is 0 Å². The second-order valence-electron chi connectivity index (χ2n) is 6.89. The molecule has 2 aliphatic heterocycles. The van der Waals surface area contributed by atoms with E-state index in [0.29, 0.717) is 0 Å². The zero-order valence-corrected chi connectivity index (χ0v) is 14.5. The zero-order chi connectivity index (χ0) is 18.2. The Kier molecular flexibility index (Phi) is 2.41. The highest BCUT2D eigenvalue weighted by Gasteiger charge is 2.17. The molecule has 5 aromatic rings. The number of aromatic nitrogens is 2. The Bertz CT molecular complexity index is 1710. The first-order chi connectivity index (χ1) is 13.9. The topological polar surface area (TPSA) is 75.2 Å². The molecule has 3 aromatic carbocycles. The van der Waals surface area contributed by atoms with Crippen molar-refractivity contribution in [3.8, 4) is 0 Å². The van der Waals surface area contributed by atoms with Crippen LogP contribution in [0.25, 0.3) is 43.5 Å². The van der Waals surface area contributed by atoms with Crippen molar-refractivity contribution >= 4 is 67.5 Å². The van der Waals surface area contributed by atoms with Gasteiger partial charge in [0.25, 0.3) is 0 Å². The number of rotatable bonds is 0. The molecule has 0 bridgehead atoms. The van der Waals surface area contributed by atoms with Crippen molar-refractivity contribution in [2.45, 2.75) is 0 Å². The van der Waals surface area contributed by atoms with Crippen molar-refractivity contribution < 1.29 is 0 Å². The molecule has 28 heavy (non-hydrogen) atoms. The molecule has 2 aromatic heterocycles. The van der Waals surface area contributed by atoms with Crippen molar-refractivity contribution in [1.82, 2.24) is 9.97 Å². The second kappa shape index (κ2) is 4.80. The third-order valence-corrected chi connectivity index (χ3v) is 5.46. The van der Waals surface area contributed by atoms with Gasteiger partial charge in [-0.1, -0.05) is 12.1 Å². The van der Waals surface area contributed by atoms with Crippen molar-refractivity contribution in [2.24, 2.45) is 20.0 Å². The van der Waals surface area contributed by atoms with Crippen LogP contribution in [0.5, 0.6) is 0 Å². The fourth-order valence-corrected chi connectivity index (χ4v) is 4.25. The summed E-state index contributed by atoms with van der Waals surface area (Å²) in [5.74, 6) is 0. The number of hydrogen-bond acceptors (Lipinski definition) is 6. The average molecular weight is 358 g/mol. The van der Waals surface area contributed by atoms with E-state index in [2.05, 4.69) is 43.2 Å². The van der Waals surface area contributed by atoms with E-state index in [1.165, 1.54) is 0 Å². The SMILES string of the molecule is C1=Nc2ccc3c4cc5c6c(ccc5nc4c4ncccc4c3c2=N1)=NC=N6. The molecular formula is C22H10N6. The Morgan fingerprint density at radius 1 is 0.714 bits per heavy atom. The van der Waals surface area contributed by atoms with Crippen molar-refractivity contribution in [2.75, 3.05) is 0 Å². The number of pyridine rings is 2. The molecule has 0 N–H and O–H groups in total. The van der Waals surface area contributed by atoms with Gasteiger partial charge in [0.15, 0.2) is 0 Å². The predicted octanol–water partition coefficient (Wildman–Crippen LogP) is 3.68. The molecule has 0 spiro atoms. The lowest BCUT2D eigenvalue weighted by Crippen LogP contribution is -2.03. The van der Waals surface area contributed by atoms with Crippen LogP contribution in [0.3, 0.4) is 0 Å². The second-order valence-corrected chi connectivity index (χ2v) is 6.89. The maximum absolute atomic E-state index is 4.99. The Labute approximate surface area is 157 Å². The molecule has 0 aliphatic carbocycles. The molecule has 0 unspecified atom stereocenters. The number of benzene rings is 3. The summed E-state index contributed by atoms with van der Waals surface area (Å²) in [6, 6.07) is 14.3. The molecule has 0 fully saturated rings. The first kappa shape index (κ1) is 14.1. The van der Waals surface area contributed by atoms with Gasteiger partial charge in [-0.15, -0.1) is 0 Å². The summed E-state index contributed by atoms with van der Waals surface area (Å²) in [6.07, 6.45) is 5.01. The Morgan fingerprint density at radius 2 is 1.68 bits per heavy atom. The summed E-state index contributed by atoms with van der Waals surface area (Å²) in [6.45, 7) is 0. The van der Waals surface area contributed by atoms with E-state index < -0.39 is 0 Å². The van der Waals surface area contributed by atoms with Crippen LogP contribution in [0.4, 0.5) is 11.4 Å². The van der Waals surface area contributed by atoms with Crippen LogP contribution >= 0.6 is 0 Å². The van der Waals surface area contributed by atoms with Gasteiger partial charge in [-0.05, 0) is 35.7 Å². The van der Waals surface area contributed by atoms with Gasteiger partial charge < -0.3 is 0 Å². The fraction of sp³-hybridized carbons (Fsp3) is 0. The first-order valence-electron chi connectivity index (χ1n) is 8.96. The van der Waals surface area contributed by atoms with Crippen LogP contribution in [0, 0.1) is 0 Å². The normalized spacial score (nSPS) is 14.0. The number of nitrogens with zero attached hydrogens (tertiary/aromatic N) is 6. The molecule has 6 nitrogen and oxygen atoms in total. The van der Waals surface area contributed by atoms with Crippen LogP contribution in [0.15, 0.2) is 68.6 Å². The van der Waals surface area contributed by atoms with Crippen LogP contribution in [-0.4, -0.2) is 22.6 Å². The van der Waals surface area contributed by atoms with Crippen molar-refractivity contribution in [1.29, 1.82) is 0 Å². The molecule has 2 aliphatic rings. The standard InChI is InChI=1S/C22H10N6/c1-2-12-18-11(3-4-17-22(18)27-10-25-17)13-8-14-15(28-21(13)20(12)23-7-1)5-6-16-19(14)26-9-24-16/h1-10H. The molecular weight excluding hydrogens is 348 g/mol. The third kappa shape index (κ3) is 1.63. The van der Waals surface area contributed by atoms with E-state index >= 15 is 0 Å². The maximum Gasteiger partial charge on any atom is 0.116 e. The monoisotopic (exact) mass is 358 g/mol. The molecule has 4 heterocycles. The number of aliphatic imine (C=N–C) groups is 2. The van der Waals surface area contributed by atoms with Crippen LogP contribution in [-0.2, 0) is 0 Å². The fourth-order valence-electron chi connectivity index (χ4n) is 4.25. The zero-order valence-electron chi connectivity index (χ0n) is 14.5. The van der Waals surface area contributed by atoms with Crippen LogP contribution in [0.2, 0.25) is 0 Å². The Balaban J connectivity index is 1.82. The summed E-state index contributed by atoms with van der Waals surface area (Å²) >= 11 is 0. The highest BCUT2D eigenvalue weighted by atomic mass is 14.9. The predicted molar refractivity (Wildman–Crippen MR) is 111 cm³/mol. The maximum atomic E-state index is 4.99. The first-order valence-corrected chi connectivity index (χ1v) is 8.96. The van der Waals surface area contributed by atoms with E-state index in [1.807, 2.05) is 30.5 Å². The van der Waals surface area contributed by atoms with Gasteiger partial charge in [0.1, 0.15) is 12.7 Å². The highest BCUT2D eigenvalue weighted by Crippen LogP contribution is 2.36.